The summed E-state index contributed by atoms with van der Waals surface area (Å²) in [5.41, 5.74) is 6.18. The third-order valence-electron chi connectivity index (χ3n) is 5.38. The van der Waals surface area contributed by atoms with Crippen LogP contribution in [0.1, 0.15) is 17.0 Å². The van der Waals surface area contributed by atoms with E-state index in [-0.39, 0.29) is 0 Å². The molecule has 0 atom stereocenters. The van der Waals surface area contributed by atoms with Crippen molar-refractivity contribution in [3.05, 3.63) is 65.9 Å². The van der Waals surface area contributed by atoms with Crippen LogP contribution < -0.4 is 0 Å². The van der Waals surface area contributed by atoms with E-state index in [9.17, 15) is 0 Å². The third-order valence-corrected chi connectivity index (χ3v) is 5.38. The molecular weight excluding hydrogens is 364 g/mol. The molecular formula is C22H24N6O. The van der Waals surface area contributed by atoms with Gasteiger partial charge in [0.05, 0.1) is 25.0 Å². The summed E-state index contributed by atoms with van der Waals surface area (Å²) in [5, 5.41) is 4.51. The molecule has 5 rings (SSSR count). The predicted molar refractivity (Wildman–Crippen MR) is 111 cm³/mol. The molecule has 0 bridgehead atoms. The molecule has 0 aliphatic carbocycles. The molecule has 1 aliphatic heterocycles. The molecule has 1 fully saturated rings. The number of ether oxygens (including phenoxy) is 1. The van der Waals surface area contributed by atoms with Gasteiger partial charge < -0.3 is 4.74 Å². The SMILES string of the molecule is Cc1cc(C)n2ncc(-c3nccn3-c3ccc(CN4CCOCC4)cc3)c2n1. The first kappa shape index (κ1) is 18.0. The first-order chi connectivity index (χ1) is 14.2. The molecule has 148 valence electrons. The molecule has 0 spiro atoms. The van der Waals surface area contributed by atoms with Crippen LogP contribution in [0.2, 0.25) is 0 Å². The van der Waals surface area contributed by atoms with Crippen LogP contribution in [-0.4, -0.2) is 55.4 Å². The van der Waals surface area contributed by atoms with Crippen molar-refractivity contribution in [3.63, 3.8) is 0 Å². The van der Waals surface area contributed by atoms with Crippen molar-refractivity contribution in [1.29, 1.82) is 0 Å². The maximum atomic E-state index is 5.44. The van der Waals surface area contributed by atoms with Gasteiger partial charge in [-0.05, 0) is 37.6 Å². The fourth-order valence-electron chi connectivity index (χ4n) is 3.92. The molecule has 0 saturated carbocycles. The molecule has 29 heavy (non-hydrogen) atoms. The standard InChI is InChI=1S/C22H24N6O/c1-16-13-17(2)28-22(25-16)20(14-24-28)21-23-7-8-27(21)19-5-3-18(4-6-19)15-26-9-11-29-12-10-26/h3-8,13-14H,9-12,15H2,1-2H3. The van der Waals surface area contributed by atoms with Gasteiger partial charge in [0.15, 0.2) is 5.65 Å². The van der Waals surface area contributed by atoms with Gasteiger partial charge in [-0.15, -0.1) is 0 Å². The summed E-state index contributed by atoms with van der Waals surface area (Å²) in [6, 6.07) is 10.7. The lowest BCUT2D eigenvalue weighted by Gasteiger charge is -2.26. The van der Waals surface area contributed by atoms with Crippen molar-refractivity contribution in [2.75, 3.05) is 26.3 Å². The summed E-state index contributed by atoms with van der Waals surface area (Å²) in [5.74, 6) is 0.846. The van der Waals surface area contributed by atoms with E-state index in [0.717, 1.165) is 67.0 Å². The molecule has 7 nitrogen and oxygen atoms in total. The Hall–Kier alpha value is -3.03. The van der Waals surface area contributed by atoms with E-state index in [1.165, 1.54) is 5.56 Å². The minimum atomic E-state index is 0.823. The fourth-order valence-corrected chi connectivity index (χ4v) is 3.92. The highest BCUT2D eigenvalue weighted by molar-refractivity contribution is 5.74. The lowest BCUT2D eigenvalue weighted by Crippen LogP contribution is -2.35. The molecule has 1 saturated heterocycles. The van der Waals surface area contributed by atoms with Gasteiger partial charge in [-0.3, -0.25) is 9.47 Å². The van der Waals surface area contributed by atoms with Crippen molar-refractivity contribution in [2.45, 2.75) is 20.4 Å². The summed E-state index contributed by atoms with van der Waals surface area (Å²) in [6.07, 6.45) is 5.65. The van der Waals surface area contributed by atoms with Crippen LogP contribution in [0, 0.1) is 13.8 Å². The van der Waals surface area contributed by atoms with Crippen LogP contribution in [-0.2, 0) is 11.3 Å². The van der Waals surface area contributed by atoms with E-state index in [1.54, 1.807) is 0 Å². The molecule has 1 aromatic carbocycles. The first-order valence-electron chi connectivity index (χ1n) is 9.94. The number of hydrogen-bond acceptors (Lipinski definition) is 5. The van der Waals surface area contributed by atoms with Gasteiger partial charge in [-0.1, -0.05) is 12.1 Å². The Labute approximate surface area is 169 Å². The number of imidazole rings is 1. The van der Waals surface area contributed by atoms with E-state index in [4.69, 9.17) is 9.72 Å². The molecule has 3 aromatic heterocycles. The monoisotopic (exact) mass is 388 g/mol. The predicted octanol–water partition coefficient (Wildman–Crippen LogP) is 3.03. The molecule has 1 aliphatic rings. The fraction of sp³-hybridized carbons (Fsp3) is 0.318. The summed E-state index contributed by atoms with van der Waals surface area (Å²) < 4.78 is 9.40. The van der Waals surface area contributed by atoms with E-state index in [1.807, 2.05) is 43.0 Å². The lowest BCUT2D eigenvalue weighted by molar-refractivity contribution is 0.0342. The molecule has 0 N–H and O–H groups in total. The Morgan fingerprint density at radius 2 is 1.86 bits per heavy atom. The molecule has 4 aromatic rings. The zero-order valence-corrected chi connectivity index (χ0v) is 16.7. The number of nitrogens with zero attached hydrogens (tertiary/aromatic N) is 6. The van der Waals surface area contributed by atoms with Crippen LogP contribution in [0.15, 0.2) is 48.9 Å². The summed E-state index contributed by atoms with van der Waals surface area (Å²) in [4.78, 5) is 11.7. The second-order valence-corrected chi connectivity index (χ2v) is 7.51. The van der Waals surface area contributed by atoms with Crippen LogP contribution in [0.3, 0.4) is 0 Å². The van der Waals surface area contributed by atoms with Gasteiger partial charge in [-0.2, -0.15) is 5.10 Å². The summed E-state index contributed by atoms with van der Waals surface area (Å²) in [7, 11) is 0. The number of benzene rings is 1. The van der Waals surface area contributed by atoms with Crippen molar-refractivity contribution in [2.24, 2.45) is 0 Å². The van der Waals surface area contributed by atoms with Gasteiger partial charge in [0.1, 0.15) is 5.82 Å². The third kappa shape index (κ3) is 3.43. The number of rotatable bonds is 4. The van der Waals surface area contributed by atoms with E-state index < -0.39 is 0 Å². The normalized spacial score (nSPS) is 15.2. The smallest absolute Gasteiger partial charge is 0.166 e. The summed E-state index contributed by atoms with van der Waals surface area (Å²) in [6.45, 7) is 8.63. The molecule has 0 amide bonds. The van der Waals surface area contributed by atoms with Gasteiger partial charge in [0.2, 0.25) is 0 Å². The van der Waals surface area contributed by atoms with E-state index in [0.29, 0.717) is 0 Å². The van der Waals surface area contributed by atoms with Gasteiger partial charge in [0, 0.05) is 49.1 Å². The second kappa shape index (κ2) is 7.42. The van der Waals surface area contributed by atoms with Crippen molar-refractivity contribution in [1.82, 2.24) is 29.0 Å². The highest BCUT2D eigenvalue weighted by Crippen LogP contribution is 2.26. The van der Waals surface area contributed by atoms with Gasteiger partial charge in [-0.25, -0.2) is 14.5 Å². The van der Waals surface area contributed by atoms with Gasteiger partial charge >= 0.3 is 0 Å². The number of fused-ring (bicyclic) bond motifs is 1. The Balaban J connectivity index is 1.46. The Morgan fingerprint density at radius 3 is 2.66 bits per heavy atom. The highest BCUT2D eigenvalue weighted by atomic mass is 16.5. The Morgan fingerprint density at radius 1 is 1.07 bits per heavy atom. The minimum Gasteiger partial charge on any atom is -0.379 e. The average Bonchev–Trinajstić information content (AvgIpc) is 3.36. The largest absolute Gasteiger partial charge is 0.379 e. The Bertz CT molecular complexity index is 1140. The topological polar surface area (TPSA) is 60.5 Å². The molecule has 4 heterocycles. The zero-order chi connectivity index (χ0) is 19.8. The number of morpholine rings is 1. The maximum absolute atomic E-state index is 5.44. The van der Waals surface area contributed by atoms with Crippen LogP contribution in [0.5, 0.6) is 0 Å². The van der Waals surface area contributed by atoms with Crippen molar-refractivity contribution >= 4 is 5.65 Å². The lowest BCUT2D eigenvalue weighted by atomic mass is 10.2. The first-order valence-corrected chi connectivity index (χ1v) is 9.94. The molecule has 0 radical (unpaired) electrons. The molecule has 0 unspecified atom stereocenters. The highest BCUT2D eigenvalue weighted by Gasteiger charge is 2.16. The Kier molecular flexibility index (Phi) is 4.61. The number of aryl methyl sites for hydroxylation is 2. The van der Waals surface area contributed by atoms with E-state index >= 15 is 0 Å². The minimum absolute atomic E-state index is 0.823. The van der Waals surface area contributed by atoms with Crippen molar-refractivity contribution < 1.29 is 4.74 Å². The number of hydrogen-bond donors (Lipinski definition) is 0. The summed E-state index contributed by atoms with van der Waals surface area (Å²) >= 11 is 0. The van der Waals surface area contributed by atoms with Crippen LogP contribution in [0.4, 0.5) is 0 Å². The molecule has 7 heteroatoms. The van der Waals surface area contributed by atoms with E-state index in [2.05, 4.69) is 43.8 Å². The van der Waals surface area contributed by atoms with Gasteiger partial charge in [0.25, 0.3) is 0 Å². The van der Waals surface area contributed by atoms with Crippen LogP contribution >= 0.6 is 0 Å². The maximum Gasteiger partial charge on any atom is 0.166 e. The van der Waals surface area contributed by atoms with Crippen LogP contribution in [0.25, 0.3) is 22.7 Å². The average molecular weight is 388 g/mol. The van der Waals surface area contributed by atoms with Crippen molar-refractivity contribution in [3.8, 4) is 17.1 Å². The second-order valence-electron chi connectivity index (χ2n) is 7.51. The zero-order valence-electron chi connectivity index (χ0n) is 16.7. The quantitative estimate of drug-likeness (QED) is 0.538. The number of aromatic nitrogens is 5.